The Hall–Kier alpha value is -4.53. The maximum absolute atomic E-state index is 13.6. The molecule has 3 saturated heterocycles. The summed E-state index contributed by atoms with van der Waals surface area (Å²) in [6.45, 7) is -0.380. The van der Waals surface area contributed by atoms with Crippen molar-refractivity contribution in [2.24, 2.45) is 0 Å². The highest BCUT2D eigenvalue weighted by Gasteiger charge is 2.52. The van der Waals surface area contributed by atoms with E-state index in [0.29, 0.717) is 0 Å². The first kappa shape index (κ1) is 57.6. The van der Waals surface area contributed by atoms with Crippen molar-refractivity contribution in [1.29, 1.82) is 0 Å². The van der Waals surface area contributed by atoms with Gasteiger partial charge in [-0.25, -0.2) is 33.3 Å². The van der Waals surface area contributed by atoms with Crippen LogP contribution in [0, 0.1) is 0 Å². The lowest BCUT2D eigenvalue weighted by atomic mass is 10.1. The van der Waals surface area contributed by atoms with Crippen LogP contribution in [-0.2, 0) is 73.7 Å². The molecule has 0 spiro atoms. The van der Waals surface area contributed by atoms with Crippen molar-refractivity contribution in [2.45, 2.75) is 93.6 Å². The number of hydrogen-bond donors (Lipinski definition) is 7. The predicted molar refractivity (Wildman–Crippen MR) is 238 cm³/mol. The molecule has 3 fully saturated rings. The molecule has 0 amide bonds. The highest BCUT2D eigenvalue weighted by atomic mass is 31.3. The van der Waals surface area contributed by atoms with Crippen molar-refractivity contribution in [3.8, 4) is 0 Å². The average Bonchev–Trinajstić information content (AvgIpc) is 4.11. The van der Waals surface area contributed by atoms with Crippen LogP contribution < -0.4 is 57.6 Å². The molecule has 4 aromatic heterocycles. The number of anilines is 4. The molecular formula is C34H46N12O26P4-4. The van der Waals surface area contributed by atoms with Gasteiger partial charge in [-0.15, -0.1) is 0 Å². The number of aliphatic hydroxyl groups is 3. The quantitative estimate of drug-likeness (QED) is 0.0219. The van der Waals surface area contributed by atoms with Crippen LogP contribution in [0.1, 0.15) is 26.3 Å². The molecule has 0 aliphatic carbocycles. The fraction of sp³-hybridized carbons (Fsp3) is 0.618. The number of rotatable bonds is 22. The van der Waals surface area contributed by atoms with E-state index >= 15 is 0 Å². The molecule has 42 heteroatoms. The molecule has 0 saturated carbocycles. The van der Waals surface area contributed by atoms with Crippen molar-refractivity contribution in [3.63, 3.8) is 0 Å². The molecule has 4 aliphatic rings. The smallest absolute Gasteiger partial charge is 0.330 e. The van der Waals surface area contributed by atoms with Crippen LogP contribution >= 0.6 is 31.3 Å². The van der Waals surface area contributed by atoms with Crippen molar-refractivity contribution in [3.05, 3.63) is 56.1 Å². The Bertz CT molecular complexity index is 3150. The van der Waals surface area contributed by atoms with Crippen LogP contribution in [0.25, 0.3) is 11.2 Å². The Morgan fingerprint density at radius 1 is 0.789 bits per heavy atom. The number of hydrogen-bond acceptors (Lipinski definition) is 34. The number of imidazole rings is 1. The molecule has 4 aromatic rings. The zero-order chi connectivity index (χ0) is 55.4. The average molecular weight is 1160 g/mol. The van der Waals surface area contributed by atoms with Gasteiger partial charge in [0.05, 0.1) is 32.3 Å². The lowest BCUT2D eigenvalue weighted by Gasteiger charge is -2.34. The van der Waals surface area contributed by atoms with Crippen LogP contribution in [0.5, 0.6) is 0 Å². The minimum absolute atomic E-state index is 0.00243. The first-order valence-corrected chi connectivity index (χ1v) is 27.7. The molecule has 9 N–H and O–H groups in total. The minimum atomic E-state index is -6.58. The first-order chi connectivity index (χ1) is 35.6. The number of nitrogen functional groups attached to an aromatic ring is 2. The van der Waals surface area contributed by atoms with Gasteiger partial charge in [-0.05, 0) is 13.8 Å². The summed E-state index contributed by atoms with van der Waals surface area (Å²) in [6.07, 6.45) is -17.0. The van der Waals surface area contributed by atoms with E-state index in [-0.39, 0.29) is 41.1 Å². The number of phosphoric ester groups is 2. The molecule has 76 heavy (non-hydrogen) atoms. The molecule has 16 atom stereocenters. The summed E-state index contributed by atoms with van der Waals surface area (Å²) in [6, 6.07) is 0.967. The number of nitrogens with zero attached hydrogens (tertiary/aromatic N) is 8. The van der Waals surface area contributed by atoms with Crippen molar-refractivity contribution in [2.75, 3.05) is 61.9 Å². The van der Waals surface area contributed by atoms with Gasteiger partial charge in [-0.3, -0.25) is 47.0 Å². The summed E-state index contributed by atoms with van der Waals surface area (Å²) >= 11 is 0. The highest BCUT2D eigenvalue weighted by molar-refractivity contribution is 7.65. The SMILES string of the molecule is CO[C@H]1C(OP(=O)([O-])OC[C@H]2O[C@@H](n3ccc(=O)[nH]c3=O)[C@@H](O)C2OC(C)C)[C@@H](COOP(=O)([O-])OP(=O)([O-])OP(=O)([O-])OC[C@H]2O[C@@H](N3CN(C)c4c3nc(N)[nH]c4=O)C(O)[C@H]2O)O[C@H]1n1cnc2c(N)ncnc21. The zero-order valence-electron chi connectivity index (χ0n) is 39.4. The third-order valence-corrected chi connectivity index (χ3v) is 16.4. The van der Waals surface area contributed by atoms with Gasteiger partial charge < -0.3 is 93.4 Å². The van der Waals surface area contributed by atoms with E-state index in [0.717, 1.165) is 36.6 Å². The standard InChI is InChI=1S/C34H50N12O26P4/c1-13(2)65-23-16(67-31(22(23)50)44-6-5-17(47)40-34(44)52)9-63-73(53,54)69-24-15(68-32(25(24)61-4)45-11-39-18-26(35)37-10-38-27(18)45)7-62-70-75(57,58)72-76(59,60)71-74(55,56)64-8-14-20(48)21(49)30(66-14)46-12-43(3)19-28(46)41-33(36)42-29(19)51/h5-6,10-11,13-16,20-25,30-32,48-50H,7-9,12H2,1-4H3,(H,53,54)(H,55,56)(H,57,58)(H,59,60)(H2,35,37,38)(H,40,47,52)(H3,36,41,42,51)/p-4/t14-,15-,16-,20+,21?,22+,23?,24?,25+,30-,31-,32-/m1/s1. The van der Waals surface area contributed by atoms with Crippen LogP contribution in [0.4, 0.5) is 23.3 Å². The number of fused-ring (bicyclic) bond motifs is 2. The lowest BCUT2D eigenvalue weighted by Crippen LogP contribution is -2.45. The van der Waals surface area contributed by atoms with Gasteiger partial charge in [-0.1, -0.05) is 0 Å². The van der Waals surface area contributed by atoms with Crippen LogP contribution in [0.3, 0.4) is 0 Å². The Balaban J connectivity index is 0.912. The number of aromatic nitrogens is 8. The number of nitrogens with two attached hydrogens (primary N) is 2. The zero-order valence-corrected chi connectivity index (χ0v) is 43.0. The van der Waals surface area contributed by atoms with Gasteiger partial charge in [-0.2, -0.15) is 9.66 Å². The topological polar surface area (TPSA) is 535 Å². The Morgan fingerprint density at radius 2 is 1.45 bits per heavy atom. The van der Waals surface area contributed by atoms with Gasteiger partial charge in [0, 0.05) is 26.4 Å². The highest BCUT2D eigenvalue weighted by Crippen LogP contribution is 2.63. The number of ether oxygens (including phenoxy) is 5. The van der Waals surface area contributed by atoms with Gasteiger partial charge in [0.2, 0.25) is 5.95 Å². The van der Waals surface area contributed by atoms with E-state index in [9.17, 15) is 67.5 Å². The summed E-state index contributed by atoms with van der Waals surface area (Å²) in [5.74, 6) is -0.479. The second kappa shape index (κ2) is 22.3. The monoisotopic (exact) mass is 1160 g/mol. The van der Waals surface area contributed by atoms with E-state index < -0.39 is 148 Å². The van der Waals surface area contributed by atoms with Gasteiger partial charge in [0.15, 0.2) is 36.0 Å². The molecule has 7 unspecified atom stereocenters. The summed E-state index contributed by atoms with van der Waals surface area (Å²) < 4.78 is 109. The van der Waals surface area contributed by atoms with Gasteiger partial charge >= 0.3 is 13.5 Å². The number of aliphatic hydroxyl groups excluding tert-OH is 3. The van der Waals surface area contributed by atoms with Crippen molar-refractivity contribution < 1.29 is 109 Å². The molecule has 422 valence electrons. The molecule has 0 bridgehead atoms. The largest absolute Gasteiger partial charge is 0.756 e. The second-order valence-electron chi connectivity index (χ2n) is 17.0. The number of nitrogens with one attached hydrogen (secondary N) is 2. The maximum atomic E-state index is 13.6. The maximum Gasteiger partial charge on any atom is 0.330 e. The van der Waals surface area contributed by atoms with Gasteiger partial charge in [0.25, 0.3) is 34.6 Å². The molecule has 8 rings (SSSR count). The minimum Gasteiger partial charge on any atom is -0.756 e. The summed E-state index contributed by atoms with van der Waals surface area (Å²) in [5.41, 5.74) is 9.22. The fourth-order valence-electron chi connectivity index (χ4n) is 8.37. The second-order valence-corrected chi connectivity index (χ2v) is 22.8. The summed E-state index contributed by atoms with van der Waals surface area (Å²) in [4.78, 5) is 116. The number of phosphoric acid groups is 4. The first-order valence-electron chi connectivity index (χ1n) is 21.8. The normalized spacial score (nSPS) is 30.9. The predicted octanol–water partition coefficient (Wildman–Crippen LogP) is -5.78. The molecule has 38 nitrogen and oxygen atoms in total. The summed E-state index contributed by atoms with van der Waals surface area (Å²) in [5, 5.41) is 32.5. The number of methoxy groups -OCH3 is 1. The van der Waals surface area contributed by atoms with E-state index in [1.54, 1.807) is 13.8 Å². The number of H-pyrrole nitrogens is 2. The Labute approximate surface area is 424 Å². The van der Waals surface area contributed by atoms with Crippen molar-refractivity contribution >= 4 is 65.7 Å². The Morgan fingerprint density at radius 3 is 2.14 bits per heavy atom. The van der Waals surface area contributed by atoms with E-state index in [2.05, 4.69) is 42.7 Å². The van der Waals surface area contributed by atoms with Crippen LogP contribution in [-0.4, -0.2) is 162 Å². The third-order valence-electron chi connectivity index (χ3n) is 11.5. The fourth-order valence-corrected chi connectivity index (χ4v) is 12.5. The van der Waals surface area contributed by atoms with Crippen LogP contribution in [0.15, 0.2) is 39.3 Å². The van der Waals surface area contributed by atoms with E-state index in [1.165, 1.54) is 21.4 Å². The number of aromatic amines is 2. The molecule has 8 heterocycles. The molecule has 0 aromatic carbocycles. The van der Waals surface area contributed by atoms with Crippen LogP contribution in [0.2, 0.25) is 0 Å². The summed E-state index contributed by atoms with van der Waals surface area (Å²) in [7, 11) is -22.2. The molecule has 4 aliphatic heterocycles. The Kier molecular flexibility index (Phi) is 16.9. The third kappa shape index (κ3) is 12.5. The lowest BCUT2D eigenvalue weighted by molar-refractivity contribution is -0.314. The van der Waals surface area contributed by atoms with E-state index in [4.69, 9.17) is 49.1 Å². The van der Waals surface area contributed by atoms with E-state index in [1.807, 2.05) is 4.98 Å². The molecule has 0 radical (unpaired) electrons. The molecular weight excluding hydrogens is 1120 g/mol. The van der Waals surface area contributed by atoms with Gasteiger partial charge in [0.1, 0.15) is 79.1 Å². The van der Waals surface area contributed by atoms with Crippen molar-refractivity contribution in [1.82, 2.24) is 39.0 Å².